The van der Waals surface area contributed by atoms with Crippen molar-refractivity contribution in [3.8, 4) is 11.3 Å². The summed E-state index contributed by atoms with van der Waals surface area (Å²) < 4.78 is 5.41. The maximum absolute atomic E-state index is 13.1. The summed E-state index contributed by atoms with van der Waals surface area (Å²) >= 11 is 0. The van der Waals surface area contributed by atoms with Gasteiger partial charge in [0.25, 0.3) is 0 Å². The number of carbonyl (C=O) groups excluding carboxylic acids is 1. The van der Waals surface area contributed by atoms with E-state index in [1.807, 2.05) is 36.5 Å². The second kappa shape index (κ2) is 9.11. The first-order chi connectivity index (χ1) is 16.1. The summed E-state index contributed by atoms with van der Waals surface area (Å²) in [5, 5.41) is 2.03. The van der Waals surface area contributed by atoms with E-state index < -0.39 is 0 Å². The zero-order chi connectivity index (χ0) is 22.8. The van der Waals surface area contributed by atoms with E-state index in [9.17, 15) is 4.79 Å². The second-order valence-electron chi connectivity index (χ2n) is 8.75. The van der Waals surface area contributed by atoms with Crippen LogP contribution in [-0.4, -0.2) is 58.9 Å². The number of hydrogen-bond acceptors (Lipinski definition) is 7. The minimum Gasteiger partial charge on any atom is -0.444 e. The van der Waals surface area contributed by atoms with Crippen LogP contribution < -0.4 is 4.90 Å². The van der Waals surface area contributed by atoms with E-state index in [1.54, 1.807) is 18.5 Å². The van der Waals surface area contributed by atoms with Gasteiger partial charge in [-0.1, -0.05) is 12.1 Å². The number of hydrogen-bond donors (Lipinski definition) is 0. The van der Waals surface area contributed by atoms with E-state index >= 15 is 0 Å². The third kappa shape index (κ3) is 4.64. The molecule has 0 aliphatic carbocycles. The van der Waals surface area contributed by atoms with E-state index in [0.29, 0.717) is 17.4 Å². The molecule has 168 valence electrons. The van der Waals surface area contributed by atoms with E-state index in [2.05, 4.69) is 38.8 Å². The minimum atomic E-state index is 0.0358. The molecule has 1 aromatic carbocycles. The highest BCUT2D eigenvalue weighted by Gasteiger charge is 2.22. The smallest absolute Gasteiger partial charge is 0.181 e. The summed E-state index contributed by atoms with van der Waals surface area (Å²) in [6.07, 6.45) is 9.09. The fourth-order valence-electron chi connectivity index (χ4n) is 4.42. The van der Waals surface area contributed by atoms with Gasteiger partial charge in [-0.15, -0.1) is 0 Å². The molecule has 0 N–H and O–H groups in total. The van der Waals surface area contributed by atoms with Gasteiger partial charge in [-0.3, -0.25) is 9.78 Å². The lowest BCUT2D eigenvalue weighted by Gasteiger charge is -2.35. The monoisotopic (exact) mass is 441 g/mol. The molecule has 33 heavy (non-hydrogen) atoms. The van der Waals surface area contributed by atoms with Crippen molar-refractivity contribution in [2.75, 3.05) is 32.1 Å². The van der Waals surface area contributed by atoms with Gasteiger partial charge >= 0.3 is 0 Å². The minimum absolute atomic E-state index is 0.0358. The first-order valence-electron chi connectivity index (χ1n) is 11.2. The van der Waals surface area contributed by atoms with Gasteiger partial charge in [-0.2, -0.15) is 0 Å². The molecule has 3 aromatic heterocycles. The Balaban J connectivity index is 1.33. The normalized spacial score (nSPS) is 15.1. The van der Waals surface area contributed by atoms with Crippen LogP contribution in [0.3, 0.4) is 0 Å². The first-order valence-corrected chi connectivity index (χ1v) is 11.2. The Bertz CT molecular complexity index is 1260. The summed E-state index contributed by atoms with van der Waals surface area (Å²) in [6.45, 7) is 2.17. The van der Waals surface area contributed by atoms with Gasteiger partial charge in [-0.05, 0) is 62.6 Å². The van der Waals surface area contributed by atoms with Crippen LogP contribution >= 0.6 is 0 Å². The molecule has 0 spiro atoms. The van der Waals surface area contributed by atoms with Gasteiger partial charge in [0, 0.05) is 47.7 Å². The molecule has 0 bridgehead atoms. The Morgan fingerprint density at radius 3 is 2.73 bits per heavy atom. The van der Waals surface area contributed by atoms with Crippen LogP contribution in [0.4, 0.5) is 5.82 Å². The number of anilines is 1. The predicted molar refractivity (Wildman–Crippen MR) is 128 cm³/mol. The predicted octanol–water partition coefficient (Wildman–Crippen LogP) is 4.24. The lowest BCUT2D eigenvalue weighted by molar-refractivity contribution is 0.0992. The largest absolute Gasteiger partial charge is 0.444 e. The Hall–Kier alpha value is -3.58. The standard InChI is InChI=1S/C26H27N5O2/c1-30-9-6-23(7-10-30)31(2)26-13-18(5-8-28-26)24(32)14-22-12-21-11-19(25-16-27-17-33-25)3-4-20(21)15-29-22/h3-5,8,11-13,15-17,23H,6-7,9-10,14H2,1-2H3. The number of piperidine rings is 1. The van der Waals surface area contributed by atoms with Crippen molar-refractivity contribution in [2.45, 2.75) is 25.3 Å². The Kier molecular flexibility index (Phi) is 5.88. The molecular formula is C26H27N5O2. The first kappa shape index (κ1) is 21.3. The van der Waals surface area contributed by atoms with Crippen molar-refractivity contribution in [3.63, 3.8) is 0 Å². The third-order valence-corrected chi connectivity index (χ3v) is 6.50. The number of ketones is 1. The van der Waals surface area contributed by atoms with E-state index in [-0.39, 0.29) is 12.2 Å². The summed E-state index contributed by atoms with van der Waals surface area (Å²) in [6, 6.07) is 12.1. The van der Waals surface area contributed by atoms with Crippen LogP contribution in [0.2, 0.25) is 0 Å². The van der Waals surface area contributed by atoms with Crippen LogP contribution in [0.5, 0.6) is 0 Å². The highest BCUT2D eigenvalue weighted by Crippen LogP contribution is 2.25. The molecule has 1 fully saturated rings. The molecule has 0 unspecified atom stereocenters. The molecule has 1 aliphatic heterocycles. The fourth-order valence-corrected chi connectivity index (χ4v) is 4.42. The average Bonchev–Trinajstić information content (AvgIpc) is 3.39. The molecule has 1 aliphatic rings. The number of rotatable bonds is 6. The number of aromatic nitrogens is 3. The summed E-state index contributed by atoms with van der Waals surface area (Å²) in [4.78, 5) is 30.7. The maximum Gasteiger partial charge on any atom is 0.181 e. The van der Waals surface area contributed by atoms with Gasteiger partial charge in [0.15, 0.2) is 17.9 Å². The molecule has 0 amide bonds. The van der Waals surface area contributed by atoms with Crippen LogP contribution in [0.1, 0.15) is 28.9 Å². The lowest BCUT2D eigenvalue weighted by atomic mass is 10.0. The maximum atomic E-state index is 13.1. The summed E-state index contributed by atoms with van der Waals surface area (Å²) in [5.74, 6) is 1.59. The Morgan fingerprint density at radius 1 is 1.09 bits per heavy atom. The molecule has 5 rings (SSSR count). The Morgan fingerprint density at radius 2 is 1.94 bits per heavy atom. The third-order valence-electron chi connectivity index (χ3n) is 6.50. The van der Waals surface area contributed by atoms with Crippen LogP contribution in [0.15, 0.2) is 65.8 Å². The van der Waals surface area contributed by atoms with Gasteiger partial charge < -0.3 is 14.2 Å². The van der Waals surface area contributed by atoms with Crippen LogP contribution in [0.25, 0.3) is 22.1 Å². The molecule has 4 aromatic rings. The van der Waals surface area contributed by atoms with E-state index in [0.717, 1.165) is 53.8 Å². The molecule has 0 radical (unpaired) electrons. The number of carbonyl (C=O) groups is 1. The van der Waals surface area contributed by atoms with Crippen molar-refractivity contribution in [1.29, 1.82) is 0 Å². The fraction of sp³-hybridized carbons (Fsp3) is 0.308. The number of nitrogens with zero attached hydrogens (tertiary/aromatic N) is 5. The highest BCUT2D eigenvalue weighted by atomic mass is 16.3. The molecule has 1 saturated heterocycles. The van der Waals surface area contributed by atoms with Crippen molar-refractivity contribution in [1.82, 2.24) is 19.9 Å². The average molecular weight is 442 g/mol. The number of benzene rings is 1. The van der Waals surface area contributed by atoms with Gasteiger partial charge in [0.05, 0.1) is 12.6 Å². The van der Waals surface area contributed by atoms with Crippen molar-refractivity contribution < 1.29 is 9.21 Å². The van der Waals surface area contributed by atoms with E-state index in [1.165, 1.54) is 6.39 Å². The number of likely N-dealkylation sites (tertiary alicyclic amines) is 1. The molecular weight excluding hydrogens is 414 g/mol. The van der Waals surface area contributed by atoms with Crippen molar-refractivity contribution in [2.24, 2.45) is 0 Å². The van der Waals surface area contributed by atoms with Crippen molar-refractivity contribution >= 4 is 22.4 Å². The molecule has 7 heteroatoms. The van der Waals surface area contributed by atoms with Crippen molar-refractivity contribution in [3.05, 3.63) is 72.6 Å². The molecule has 4 heterocycles. The summed E-state index contributed by atoms with van der Waals surface area (Å²) in [5.41, 5.74) is 2.35. The topological polar surface area (TPSA) is 75.4 Å². The van der Waals surface area contributed by atoms with Crippen LogP contribution in [-0.2, 0) is 6.42 Å². The second-order valence-corrected chi connectivity index (χ2v) is 8.75. The van der Waals surface area contributed by atoms with Crippen LogP contribution in [0, 0.1) is 0 Å². The van der Waals surface area contributed by atoms with E-state index in [4.69, 9.17) is 4.42 Å². The number of pyridine rings is 2. The van der Waals surface area contributed by atoms with Gasteiger partial charge in [0.1, 0.15) is 5.82 Å². The number of Topliss-reactive ketones (excluding diaryl/α,β-unsaturated/α-hetero) is 1. The quantitative estimate of drug-likeness (QED) is 0.414. The SMILES string of the molecule is CN1CCC(N(C)c2cc(C(=O)Cc3cc4cc(-c5cnco5)ccc4cn3)ccn2)CC1. The zero-order valence-corrected chi connectivity index (χ0v) is 18.9. The number of oxazole rings is 1. The molecule has 0 saturated carbocycles. The number of fused-ring (bicyclic) bond motifs is 1. The highest BCUT2D eigenvalue weighted by molar-refractivity contribution is 5.98. The molecule has 7 nitrogen and oxygen atoms in total. The summed E-state index contributed by atoms with van der Waals surface area (Å²) in [7, 11) is 4.23. The zero-order valence-electron chi connectivity index (χ0n) is 18.9. The molecule has 0 atom stereocenters. The van der Waals surface area contributed by atoms with Gasteiger partial charge in [-0.25, -0.2) is 9.97 Å². The lowest BCUT2D eigenvalue weighted by Crippen LogP contribution is -2.42. The van der Waals surface area contributed by atoms with Gasteiger partial charge in [0.2, 0.25) is 0 Å². The Labute approximate surface area is 193 Å².